The Kier molecular flexibility index (Phi) is 4.35. The smallest absolute Gasteiger partial charge is 0.257 e. The molecule has 2 heterocycles. The minimum atomic E-state index is -1.38. The monoisotopic (exact) mass is 379 g/mol. The van der Waals surface area contributed by atoms with Crippen LogP contribution in [0.5, 0.6) is 0 Å². The van der Waals surface area contributed by atoms with Crippen LogP contribution >= 0.6 is 0 Å². The molecule has 1 aliphatic rings. The first-order valence-electron chi connectivity index (χ1n) is 8.58. The van der Waals surface area contributed by atoms with Gasteiger partial charge in [-0.05, 0) is 60.7 Å². The van der Waals surface area contributed by atoms with Gasteiger partial charge in [-0.15, -0.1) is 0 Å². The fourth-order valence-electron chi connectivity index (χ4n) is 3.33. The third kappa shape index (κ3) is 2.90. The van der Waals surface area contributed by atoms with E-state index in [-0.39, 0.29) is 12.3 Å². The molecule has 3 aromatic rings. The summed E-state index contributed by atoms with van der Waals surface area (Å²) in [5.41, 5.74) is -0.221. The molecule has 0 radical (unpaired) electrons. The highest BCUT2D eigenvalue weighted by atomic mass is 19.1. The SMILES string of the molecule is O=C1CC(C(=O)Nc2ccc(F)cc2)(c2ccccn2)N1c1ccc(F)cc1. The number of halogens is 2. The van der Waals surface area contributed by atoms with Gasteiger partial charge >= 0.3 is 0 Å². The lowest BCUT2D eigenvalue weighted by molar-refractivity contribution is -0.137. The maximum absolute atomic E-state index is 13.3. The largest absolute Gasteiger partial charge is 0.324 e. The molecule has 7 heteroatoms. The van der Waals surface area contributed by atoms with E-state index in [4.69, 9.17) is 0 Å². The number of benzene rings is 2. The number of carbonyl (C=O) groups excluding carboxylic acids is 2. The molecule has 2 aromatic carbocycles. The Balaban J connectivity index is 1.77. The van der Waals surface area contributed by atoms with E-state index in [9.17, 15) is 18.4 Å². The first-order chi connectivity index (χ1) is 13.5. The number of amides is 2. The number of hydrogen-bond acceptors (Lipinski definition) is 3. The molecule has 0 bridgehead atoms. The summed E-state index contributed by atoms with van der Waals surface area (Å²) in [6, 6.07) is 15.7. The first-order valence-corrected chi connectivity index (χ1v) is 8.58. The summed E-state index contributed by atoms with van der Waals surface area (Å²) >= 11 is 0. The zero-order chi connectivity index (χ0) is 19.7. The van der Waals surface area contributed by atoms with Gasteiger partial charge in [0, 0.05) is 17.6 Å². The molecule has 1 saturated heterocycles. The lowest BCUT2D eigenvalue weighted by Gasteiger charge is -2.49. The Bertz CT molecular complexity index is 1020. The summed E-state index contributed by atoms with van der Waals surface area (Å²) in [5.74, 6) is -1.65. The highest BCUT2D eigenvalue weighted by Gasteiger charge is 2.59. The molecule has 1 aromatic heterocycles. The van der Waals surface area contributed by atoms with E-state index in [0.717, 1.165) is 0 Å². The summed E-state index contributed by atoms with van der Waals surface area (Å²) in [6.07, 6.45) is 1.45. The fraction of sp³-hybridized carbons (Fsp3) is 0.0952. The number of carbonyl (C=O) groups is 2. The molecule has 1 atom stereocenters. The van der Waals surface area contributed by atoms with Gasteiger partial charge in [0.15, 0.2) is 5.54 Å². The summed E-state index contributed by atoms with van der Waals surface area (Å²) in [7, 11) is 0. The zero-order valence-electron chi connectivity index (χ0n) is 14.6. The number of aromatic nitrogens is 1. The number of hydrogen-bond donors (Lipinski definition) is 1. The van der Waals surface area contributed by atoms with Gasteiger partial charge < -0.3 is 5.32 Å². The lowest BCUT2D eigenvalue weighted by Crippen LogP contribution is -2.67. The summed E-state index contributed by atoms with van der Waals surface area (Å²) < 4.78 is 26.5. The molecule has 1 fully saturated rings. The van der Waals surface area contributed by atoms with Gasteiger partial charge in [-0.3, -0.25) is 19.5 Å². The van der Waals surface area contributed by atoms with Crippen LogP contribution in [0.3, 0.4) is 0 Å². The Hall–Kier alpha value is -3.61. The van der Waals surface area contributed by atoms with Crippen LogP contribution in [0.25, 0.3) is 0 Å². The van der Waals surface area contributed by atoms with Crippen molar-refractivity contribution in [2.45, 2.75) is 12.0 Å². The highest BCUT2D eigenvalue weighted by Crippen LogP contribution is 2.45. The van der Waals surface area contributed by atoms with E-state index >= 15 is 0 Å². The molecule has 5 nitrogen and oxygen atoms in total. The van der Waals surface area contributed by atoms with Gasteiger partial charge in [0.05, 0.1) is 12.1 Å². The van der Waals surface area contributed by atoms with Gasteiger partial charge in [-0.1, -0.05) is 6.07 Å². The zero-order valence-corrected chi connectivity index (χ0v) is 14.6. The second-order valence-electron chi connectivity index (χ2n) is 6.42. The topological polar surface area (TPSA) is 62.3 Å². The van der Waals surface area contributed by atoms with Crippen molar-refractivity contribution in [3.05, 3.63) is 90.3 Å². The van der Waals surface area contributed by atoms with Crippen LogP contribution in [-0.2, 0) is 15.1 Å². The van der Waals surface area contributed by atoms with Crippen LogP contribution < -0.4 is 10.2 Å². The number of rotatable bonds is 4. The molecule has 1 unspecified atom stereocenters. The molecule has 1 aliphatic heterocycles. The third-order valence-corrected chi connectivity index (χ3v) is 4.69. The average Bonchev–Trinajstić information content (AvgIpc) is 2.70. The van der Waals surface area contributed by atoms with Crippen molar-refractivity contribution in [1.82, 2.24) is 4.98 Å². The number of nitrogens with zero attached hydrogens (tertiary/aromatic N) is 2. The van der Waals surface area contributed by atoms with Gasteiger partial charge in [-0.25, -0.2) is 8.78 Å². The quantitative estimate of drug-likeness (QED) is 0.704. The molecular formula is C21H15F2N3O2. The van der Waals surface area contributed by atoms with Crippen molar-refractivity contribution < 1.29 is 18.4 Å². The van der Waals surface area contributed by atoms with Crippen LogP contribution in [0, 0.1) is 11.6 Å². The van der Waals surface area contributed by atoms with Crippen LogP contribution in [0.2, 0.25) is 0 Å². The number of nitrogens with one attached hydrogen (secondary N) is 1. The molecule has 0 saturated carbocycles. The third-order valence-electron chi connectivity index (χ3n) is 4.69. The highest BCUT2D eigenvalue weighted by molar-refractivity contribution is 6.16. The Morgan fingerprint density at radius 2 is 1.61 bits per heavy atom. The summed E-state index contributed by atoms with van der Waals surface area (Å²) in [5, 5.41) is 2.73. The minimum Gasteiger partial charge on any atom is -0.324 e. The maximum atomic E-state index is 13.3. The second-order valence-corrected chi connectivity index (χ2v) is 6.42. The standard InChI is InChI=1S/C21H15F2N3O2/c22-14-4-8-16(9-5-14)25-20(28)21(18-3-1-2-12-24-18)13-19(27)26(21)17-10-6-15(23)7-11-17/h1-12H,13H2,(H,25,28). The van der Waals surface area contributed by atoms with Crippen molar-refractivity contribution >= 4 is 23.2 Å². The van der Waals surface area contributed by atoms with E-state index < -0.39 is 23.1 Å². The van der Waals surface area contributed by atoms with Crippen molar-refractivity contribution in [2.24, 2.45) is 0 Å². The first kappa shape index (κ1) is 17.8. The van der Waals surface area contributed by atoms with Gasteiger partial charge in [0.1, 0.15) is 11.6 Å². The van der Waals surface area contributed by atoms with Crippen LogP contribution in [0.15, 0.2) is 72.9 Å². The number of anilines is 2. The van der Waals surface area contributed by atoms with E-state index in [2.05, 4.69) is 10.3 Å². The van der Waals surface area contributed by atoms with Gasteiger partial charge in [-0.2, -0.15) is 0 Å². The van der Waals surface area contributed by atoms with Crippen molar-refractivity contribution in [2.75, 3.05) is 10.2 Å². The number of pyridine rings is 1. The van der Waals surface area contributed by atoms with Gasteiger partial charge in [0.2, 0.25) is 5.91 Å². The maximum Gasteiger partial charge on any atom is 0.257 e. The predicted molar refractivity (Wildman–Crippen MR) is 99.4 cm³/mol. The Labute approximate surface area is 159 Å². The molecule has 140 valence electrons. The average molecular weight is 379 g/mol. The van der Waals surface area contributed by atoms with Crippen molar-refractivity contribution in [1.29, 1.82) is 0 Å². The Morgan fingerprint density at radius 3 is 2.18 bits per heavy atom. The minimum absolute atomic E-state index is 0.0889. The molecule has 28 heavy (non-hydrogen) atoms. The summed E-state index contributed by atoms with van der Waals surface area (Å²) in [6.45, 7) is 0. The molecule has 1 N–H and O–H groups in total. The van der Waals surface area contributed by atoms with Crippen molar-refractivity contribution in [3.8, 4) is 0 Å². The van der Waals surface area contributed by atoms with Crippen molar-refractivity contribution in [3.63, 3.8) is 0 Å². The number of β-lactam (4-membered cyclic amide) rings is 1. The Morgan fingerprint density at radius 1 is 0.964 bits per heavy atom. The van der Waals surface area contributed by atoms with Gasteiger partial charge in [0.25, 0.3) is 5.91 Å². The van der Waals surface area contributed by atoms with Crippen LogP contribution in [0.4, 0.5) is 20.2 Å². The molecule has 2 amide bonds. The second kappa shape index (κ2) is 6.84. The van der Waals surface area contributed by atoms with Crippen LogP contribution in [0.1, 0.15) is 12.1 Å². The van der Waals surface area contributed by atoms with E-state index in [1.165, 1.54) is 59.6 Å². The predicted octanol–water partition coefficient (Wildman–Crippen LogP) is 3.63. The molecule has 0 aliphatic carbocycles. The van der Waals surface area contributed by atoms with Crippen LogP contribution in [-0.4, -0.2) is 16.8 Å². The summed E-state index contributed by atoms with van der Waals surface area (Å²) in [4.78, 5) is 31.4. The van der Waals surface area contributed by atoms with E-state index in [0.29, 0.717) is 17.1 Å². The molecule has 4 rings (SSSR count). The fourth-order valence-corrected chi connectivity index (χ4v) is 3.33. The normalized spacial score (nSPS) is 18.5. The molecule has 0 spiro atoms. The molecular weight excluding hydrogens is 364 g/mol. The van der Waals surface area contributed by atoms with E-state index in [1.807, 2.05) is 0 Å². The van der Waals surface area contributed by atoms with E-state index in [1.54, 1.807) is 18.2 Å². The lowest BCUT2D eigenvalue weighted by atomic mass is 9.78.